The fourth-order valence-corrected chi connectivity index (χ4v) is 3.65. The fourth-order valence-electron chi connectivity index (χ4n) is 3.65. The predicted octanol–water partition coefficient (Wildman–Crippen LogP) is 2.52. The number of carbonyl (C=O) groups is 1. The van der Waals surface area contributed by atoms with E-state index in [1.54, 1.807) is 6.20 Å². The van der Waals surface area contributed by atoms with Gasteiger partial charge in [-0.2, -0.15) is 23.3 Å². The third-order valence-electron chi connectivity index (χ3n) is 5.27. The Kier molecular flexibility index (Phi) is 7.09. The molecule has 0 unspecified atom stereocenters. The normalized spacial score (nSPS) is 18.8. The van der Waals surface area contributed by atoms with E-state index < -0.39 is 11.9 Å². The first kappa shape index (κ1) is 23.6. The van der Waals surface area contributed by atoms with Gasteiger partial charge in [0, 0.05) is 51.1 Å². The van der Waals surface area contributed by atoms with E-state index in [0.29, 0.717) is 5.95 Å². The van der Waals surface area contributed by atoms with Crippen molar-refractivity contribution in [3.63, 3.8) is 0 Å². The van der Waals surface area contributed by atoms with Gasteiger partial charge >= 0.3 is 6.18 Å². The summed E-state index contributed by atoms with van der Waals surface area (Å²) in [7, 11) is 5.19. The number of hydrogen-bond donors (Lipinski definition) is 2. The van der Waals surface area contributed by atoms with Gasteiger partial charge in [-0.05, 0) is 32.6 Å². The summed E-state index contributed by atoms with van der Waals surface area (Å²) >= 11 is 0. The van der Waals surface area contributed by atoms with E-state index in [-0.39, 0.29) is 30.5 Å². The van der Waals surface area contributed by atoms with Crippen LogP contribution in [0, 0.1) is 6.92 Å². The molecule has 1 fully saturated rings. The summed E-state index contributed by atoms with van der Waals surface area (Å²) in [6, 6.07) is 0.962. The third kappa shape index (κ3) is 6.01. The standard InChI is InChI=1S/C20H28F3N7O2/c1-12-10-24-19(27-18(12)29(2)3)26-14-7-5-13(6-8-14)25-16(31)11-32-17-9-15(20(21,22)23)28-30(17)4/h9-10,13-14H,5-8,11H2,1-4H3,(H,25,31)(H,24,26,27)/t13-,14+. The van der Waals surface area contributed by atoms with Crippen molar-refractivity contribution in [2.24, 2.45) is 7.05 Å². The second-order valence-electron chi connectivity index (χ2n) is 8.13. The number of rotatable bonds is 7. The van der Waals surface area contributed by atoms with Gasteiger partial charge in [0.05, 0.1) is 0 Å². The maximum Gasteiger partial charge on any atom is 0.435 e. The lowest BCUT2D eigenvalue weighted by atomic mass is 9.91. The van der Waals surface area contributed by atoms with Gasteiger partial charge in [-0.15, -0.1) is 0 Å². The van der Waals surface area contributed by atoms with Crippen molar-refractivity contribution >= 4 is 17.7 Å². The molecule has 0 saturated heterocycles. The summed E-state index contributed by atoms with van der Waals surface area (Å²) < 4.78 is 44.3. The van der Waals surface area contributed by atoms with E-state index >= 15 is 0 Å². The van der Waals surface area contributed by atoms with Crippen LogP contribution in [0.15, 0.2) is 12.3 Å². The van der Waals surface area contributed by atoms with E-state index in [9.17, 15) is 18.0 Å². The Morgan fingerprint density at radius 2 is 1.91 bits per heavy atom. The lowest BCUT2D eigenvalue weighted by Crippen LogP contribution is -2.42. The van der Waals surface area contributed by atoms with Gasteiger partial charge in [-0.1, -0.05) is 0 Å². The summed E-state index contributed by atoms with van der Waals surface area (Å²) in [6.07, 6.45) is 0.413. The van der Waals surface area contributed by atoms with Gasteiger partial charge in [-0.3, -0.25) is 4.79 Å². The highest BCUT2D eigenvalue weighted by Gasteiger charge is 2.35. The zero-order valence-corrected chi connectivity index (χ0v) is 18.5. The Labute approximate surface area is 184 Å². The molecule has 2 aromatic rings. The molecular formula is C20H28F3N7O2. The molecule has 0 atom stereocenters. The van der Waals surface area contributed by atoms with Crippen molar-refractivity contribution in [2.75, 3.05) is 30.9 Å². The number of amides is 1. The quantitative estimate of drug-likeness (QED) is 0.662. The second kappa shape index (κ2) is 9.61. The molecule has 2 aromatic heterocycles. The third-order valence-corrected chi connectivity index (χ3v) is 5.27. The highest BCUT2D eigenvalue weighted by Crippen LogP contribution is 2.30. The summed E-state index contributed by atoms with van der Waals surface area (Å²) in [5.41, 5.74) is -0.0635. The summed E-state index contributed by atoms with van der Waals surface area (Å²) in [4.78, 5) is 23.0. The Balaban J connectivity index is 1.44. The molecule has 3 rings (SSSR count). The topological polar surface area (TPSA) is 97.2 Å². The van der Waals surface area contributed by atoms with Crippen LogP contribution in [0.25, 0.3) is 0 Å². The maximum atomic E-state index is 12.7. The van der Waals surface area contributed by atoms with Crippen LogP contribution < -0.4 is 20.3 Å². The van der Waals surface area contributed by atoms with E-state index in [0.717, 1.165) is 47.8 Å². The van der Waals surface area contributed by atoms with Crippen molar-refractivity contribution in [1.29, 1.82) is 0 Å². The van der Waals surface area contributed by atoms with Crippen LogP contribution in [0.4, 0.5) is 24.9 Å². The van der Waals surface area contributed by atoms with Gasteiger partial charge < -0.3 is 20.3 Å². The first-order valence-corrected chi connectivity index (χ1v) is 10.3. The molecule has 1 amide bonds. The number of halogens is 3. The maximum absolute atomic E-state index is 12.7. The molecule has 9 nitrogen and oxygen atoms in total. The van der Waals surface area contributed by atoms with Gasteiger partial charge in [0.15, 0.2) is 12.3 Å². The SMILES string of the molecule is Cc1cnc(N[C@H]2CC[C@@H](NC(=O)COc3cc(C(F)(F)F)nn3C)CC2)nc1N(C)C. The van der Waals surface area contributed by atoms with E-state index in [1.165, 1.54) is 7.05 Å². The number of alkyl halides is 3. The molecule has 0 bridgehead atoms. The zero-order chi connectivity index (χ0) is 23.5. The Morgan fingerprint density at radius 1 is 1.25 bits per heavy atom. The molecule has 2 N–H and O–H groups in total. The van der Waals surface area contributed by atoms with Gasteiger partial charge in [-0.25, -0.2) is 9.67 Å². The fraction of sp³-hybridized carbons (Fsp3) is 0.600. The van der Waals surface area contributed by atoms with Gasteiger partial charge in [0.25, 0.3) is 5.91 Å². The molecule has 32 heavy (non-hydrogen) atoms. The molecule has 2 heterocycles. The number of hydrogen-bond acceptors (Lipinski definition) is 7. The first-order valence-electron chi connectivity index (χ1n) is 10.3. The van der Waals surface area contributed by atoms with Gasteiger partial charge in [0.1, 0.15) is 5.82 Å². The van der Waals surface area contributed by atoms with Crippen molar-refractivity contribution in [3.05, 3.63) is 23.5 Å². The largest absolute Gasteiger partial charge is 0.468 e. The van der Waals surface area contributed by atoms with Crippen LogP contribution in [0.3, 0.4) is 0 Å². The van der Waals surface area contributed by atoms with E-state index in [2.05, 4.69) is 25.7 Å². The van der Waals surface area contributed by atoms with Crippen LogP contribution in [0.5, 0.6) is 5.88 Å². The minimum absolute atomic E-state index is 0.0160. The second-order valence-corrected chi connectivity index (χ2v) is 8.13. The monoisotopic (exact) mass is 455 g/mol. The minimum Gasteiger partial charge on any atom is -0.468 e. The smallest absolute Gasteiger partial charge is 0.435 e. The summed E-state index contributed by atoms with van der Waals surface area (Å²) in [6.45, 7) is 1.58. The number of nitrogens with one attached hydrogen (secondary N) is 2. The number of carbonyl (C=O) groups excluding carboxylic acids is 1. The van der Waals surface area contributed by atoms with Crippen molar-refractivity contribution in [1.82, 2.24) is 25.1 Å². The average Bonchev–Trinajstić information content (AvgIpc) is 3.10. The molecule has 176 valence electrons. The molecular weight excluding hydrogens is 427 g/mol. The Bertz CT molecular complexity index is 938. The summed E-state index contributed by atoms with van der Waals surface area (Å²) in [5, 5.41) is 9.59. The number of aryl methyl sites for hydroxylation is 2. The van der Waals surface area contributed by atoms with Crippen molar-refractivity contribution in [2.45, 2.75) is 50.9 Å². The molecule has 1 aliphatic rings. The Morgan fingerprint density at radius 3 is 2.50 bits per heavy atom. The molecule has 12 heteroatoms. The minimum atomic E-state index is -4.56. The molecule has 0 aromatic carbocycles. The van der Waals surface area contributed by atoms with Crippen LogP contribution >= 0.6 is 0 Å². The molecule has 1 saturated carbocycles. The molecule has 0 radical (unpaired) electrons. The Hall–Kier alpha value is -3.05. The number of aromatic nitrogens is 4. The highest BCUT2D eigenvalue weighted by molar-refractivity contribution is 5.77. The lowest BCUT2D eigenvalue weighted by molar-refractivity contribution is -0.141. The average molecular weight is 455 g/mol. The van der Waals surface area contributed by atoms with E-state index in [1.807, 2.05) is 25.9 Å². The van der Waals surface area contributed by atoms with Gasteiger partial charge in [0.2, 0.25) is 11.8 Å². The lowest BCUT2D eigenvalue weighted by Gasteiger charge is -2.29. The van der Waals surface area contributed by atoms with Crippen LogP contribution in [-0.2, 0) is 18.0 Å². The van der Waals surface area contributed by atoms with Crippen LogP contribution in [-0.4, -0.2) is 58.4 Å². The van der Waals surface area contributed by atoms with Crippen LogP contribution in [0.2, 0.25) is 0 Å². The molecule has 0 aliphatic heterocycles. The van der Waals surface area contributed by atoms with Crippen LogP contribution in [0.1, 0.15) is 36.9 Å². The first-order chi connectivity index (χ1) is 15.0. The molecule has 0 spiro atoms. The predicted molar refractivity (Wildman–Crippen MR) is 113 cm³/mol. The number of anilines is 2. The van der Waals surface area contributed by atoms with E-state index in [4.69, 9.17) is 4.74 Å². The highest BCUT2D eigenvalue weighted by atomic mass is 19.4. The summed E-state index contributed by atoms with van der Waals surface area (Å²) in [5.74, 6) is 0.943. The van der Waals surface area contributed by atoms with Crippen molar-refractivity contribution < 1.29 is 22.7 Å². The number of nitrogens with zero attached hydrogens (tertiary/aromatic N) is 5. The molecule has 1 aliphatic carbocycles. The van der Waals surface area contributed by atoms with Crippen molar-refractivity contribution in [3.8, 4) is 5.88 Å². The zero-order valence-electron chi connectivity index (χ0n) is 18.5. The number of ether oxygens (including phenoxy) is 1.